The first kappa shape index (κ1) is 17.1. The maximum Gasteiger partial charge on any atom is 0.171 e. The Balaban J connectivity index is 2.07. The third kappa shape index (κ3) is 2.68. The molecule has 0 N–H and O–H groups in total. The van der Waals surface area contributed by atoms with Crippen LogP contribution in [0, 0.1) is 11.3 Å². The number of rotatable bonds is 5. The van der Waals surface area contributed by atoms with E-state index in [-0.39, 0.29) is 11.2 Å². The van der Waals surface area contributed by atoms with Crippen molar-refractivity contribution in [3.8, 4) is 5.75 Å². The van der Waals surface area contributed by atoms with E-state index in [1.165, 1.54) is 12.8 Å². The van der Waals surface area contributed by atoms with Gasteiger partial charge in [0.15, 0.2) is 5.78 Å². The molecule has 0 bridgehead atoms. The molecule has 23 heavy (non-hydrogen) atoms. The van der Waals surface area contributed by atoms with Crippen LogP contribution < -0.4 is 4.74 Å². The summed E-state index contributed by atoms with van der Waals surface area (Å²) in [4.78, 5) is 13.4. The van der Waals surface area contributed by atoms with Crippen molar-refractivity contribution in [1.29, 1.82) is 0 Å². The fourth-order valence-corrected chi connectivity index (χ4v) is 5.09. The van der Waals surface area contributed by atoms with Crippen LogP contribution in [-0.4, -0.2) is 12.9 Å². The number of unbranched alkanes of at least 4 members (excludes halogenated alkanes) is 1. The monoisotopic (exact) mass is 354 g/mol. The number of ketones is 1. The summed E-state index contributed by atoms with van der Waals surface area (Å²) in [6.45, 7) is 2.18. The average molecular weight is 355 g/mol. The van der Waals surface area contributed by atoms with Gasteiger partial charge in [0.2, 0.25) is 0 Å². The first-order chi connectivity index (χ1) is 11.0. The van der Waals surface area contributed by atoms with Crippen LogP contribution >= 0.6 is 23.2 Å². The Morgan fingerprint density at radius 1 is 1.26 bits per heavy atom. The van der Waals surface area contributed by atoms with Crippen LogP contribution in [0.5, 0.6) is 5.75 Å². The van der Waals surface area contributed by atoms with Crippen molar-refractivity contribution in [1.82, 2.24) is 0 Å². The minimum absolute atomic E-state index is 0.224. The van der Waals surface area contributed by atoms with Crippen LogP contribution in [0.3, 0.4) is 0 Å². The molecule has 0 saturated heterocycles. The third-order valence-electron chi connectivity index (χ3n) is 5.77. The van der Waals surface area contributed by atoms with Gasteiger partial charge in [0.1, 0.15) is 10.8 Å². The fraction of sp³-hybridized carbons (Fsp3) is 0.632. The van der Waals surface area contributed by atoms with Gasteiger partial charge in [-0.3, -0.25) is 4.79 Å². The molecule has 2 nitrogen and oxygen atoms in total. The zero-order valence-corrected chi connectivity index (χ0v) is 15.4. The van der Waals surface area contributed by atoms with E-state index in [2.05, 4.69) is 6.92 Å². The predicted octanol–water partition coefficient (Wildman–Crippen LogP) is 6.11. The Kier molecular flexibility index (Phi) is 4.94. The van der Waals surface area contributed by atoms with Crippen LogP contribution in [0.15, 0.2) is 6.07 Å². The van der Waals surface area contributed by atoms with E-state index in [4.69, 9.17) is 27.9 Å². The van der Waals surface area contributed by atoms with Crippen molar-refractivity contribution in [2.24, 2.45) is 11.3 Å². The molecule has 1 aromatic carbocycles. The highest BCUT2D eigenvalue weighted by molar-refractivity contribution is 6.45. The number of fused-ring (bicyclic) bond motifs is 1. The Morgan fingerprint density at radius 3 is 2.57 bits per heavy atom. The first-order valence-electron chi connectivity index (χ1n) is 8.64. The second kappa shape index (κ2) is 6.64. The standard InChI is InChI=1S/C19H24Cl2O2/c1-3-4-9-19(13-7-5-6-8-13)11-12-10-14(23-2)16(20)17(21)15(12)18(19)22/h10,13H,3-9,11H2,1-2H3/t19-/m0/s1. The van der Waals surface area contributed by atoms with Crippen LogP contribution in [0.2, 0.25) is 10.0 Å². The van der Waals surface area contributed by atoms with E-state index in [1.807, 2.05) is 6.07 Å². The Hall–Kier alpha value is -0.730. The lowest BCUT2D eigenvalue weighted by atomic mass is 9.68. The summed E-state index contributed by atoms with van der Waals surface area (Å²) in [5.74, 6) is 1.28. The van der Waals surface area contributed by atoms with Gasteiger partial charge in [0, 0.05) is 11.0 Å². The molecule has 0 heterocycles. The molecule has 0 radical (unpaired) electrons. The van der Waals surface area contributed by atoms with Crippen LogP contribution in [0.1, 0.15) is 67.8 Å². The largest absolute Gasteiger partial charge is 0.495 e. The van der Waals surface area contributed by atoms with E-state index in [0.29, 0.717) is 27.3 Å². The van der Waals surface area contributed by atoms with Gasteiger partial charge >= 0.3 is 0 Å². The highest BCUT2D eigenvalue weighted by Crippen LogP contribution is 2.54. The molecule has 2 aliphatic carbocycles. The number of benzene rings is 1. The Labute approximate surface area is 148 Å². The molecular formula is C19H24Cl2O2. The van der Waals surface area contributed by atoms with Crippen LogP contribution in [0.25, 0.3) is 0 Å². The quantitative estimate of drug-likeness (QED) is 0.637. The molecule has 1 saturated carbocycles. The first-order valence-corrected chi connectivity index (χ1v) is 9.40. The summed E-state index contributed by atoms with van der Waals surface area (Å²) in [5, 5.41) is 0.737. The van der Waals surface area contributed by atoms with E-state index < -0.39 is 0 Å². The van der Waals surface area contributed by atoms with E-state index in [9.17, 15) is 4.79 Å². The molecule has 0 amide bonds. The lowest BCUT2D eigenvalue weighted by molar-refractivity contribution is 0.0671. The maximum absolute atomic E-state index is 13.4. The Morgan fingerprint density at radius 2 is 1.96 bits per heavy atom. The van der Waals surface area contributed by atoms with Gasteiger partial charge in [0.05, 0.1) is 12.1 Å². The van der Waals surface area contributed by atoms with Gasteiger partial charge in [-0.1, -0.05) is 55.8 Å². The molecule has 126 valence electrons. The molecule has 1 fully saturated rings. The van der Waals surface area contributed by atoms with Crippen LogP contribution in [0.4, 0.5) is 0 Å². The second-order valence-corrected chi connectivity index (χ2v) is 7.74. The molecule has 4 heteroatoms. The second-order valence-electron chi connectivity index (χ2n) is 6.99. The van der Waals surface area contributed by atoms with Crippen molar-refractivity contribution in [2.75, 3.05) is 7.11 Å². The number of ether oxygens (including phenoxy) is 1. The van der Waals surface area contributed by atoms with Crippen molar-refractivity contribution in [3.63, 3.8) is 0 Å². The van der Waals surface area contributed by atoms with Crippen molar-refractivity contribution >= 4 is 29.0 Å². The lowest BCUT2D eigenvalue weighted by Crippen LogP contribution is -2.35. The van der Waals surface area contributed by atoms with Gasteiger partial charge in [-0.15, -0.1) is 0 Å². The number of hydrogen-bond donors (Lipinski definition) is 0. The van der Waals surface area contributed by atoms with Gasteiger partial charge in [-0.25, -0.2) is 0 Å². The molecule has 1 aromatic rings. The minimum atomic E-state index is -0.270. The minimum Gasteiger partial charge on any atom is -0.495 e. The van der Waals surface area contributed by atoms with Crippen molar-refractivity contribution < 1.29 is 9.53 Å². The van der Waals surface area contributed by atoms with Gasteiger partial charge in [-0.2, -0.15) is 0 Å². The molecule has 0 unspecified atom stereocenters. The molecule has 0 aromatic heterocycles. The van der Waals surface area contributed by atoms with Crippen molar-refractivity contribution in [3.05, 3.63) is 27.2 Å². The number of halogens is 2. The molecule has 3 rings (SSSR count). The number of carbonyl (C=O) groups is 1. The smallest absolute Gasteiger partial charge is 0.171 e. The topological polar surface area (TPSA) is 26.3 Å². The van der Waals surface area contributed by atoms with Gasteiger partial charge in [0.25, 0.3) is 0 Å². The van der Waals surface area contributed by atoms with Gasteiger partial charge < -0.3 is 4.74 Å². The normalized spacial score (nSPS) is 24.3. The maximum atomic E-state index is 13.4. The molecular weight excluding hydrogens is 331 g/mol. The number of methoxy groups -OCH3 is 1. The molecule has 2 aliphatic rings. The fourth-order valence-electron chi connectivity index (χ4n) is 4.56. The van der Waals surface area contributed by atoms with Crippen molar-refractivity contribution in [2.45, 2.75) is 58.3 Å². The van der Waals surface area contributed by atoms with E-state index in [0.717, 1.165) is 44.1 Å². The summed E-state index contributed by atoms with van der Waals surface area (Å²) < 4.78 is 5.33. The lowest BCUT2D eigenvalue weighted by Gasteiger charge is -2.34. The zero-order chi connectivity index (χ0) is 16.6. The molecule has 0 spiro atoms. The highest BCUT2D eigenvalue weighted by Gasteiger charge is 2.51. The predicted molar refractivity (Wildman–Crippen MR) is 95.0 cm³/mol. The summed E-state index contributed by atoms with van der Waals surface area (Å²) >= 11 is 12.7. The summed E-state index contributed by atoms with van der Waals surface area (Å²) in [6, 6.07) is 1.92. The number of carbonyl (C=O) groups excluding carboxylic acids is 1. The zero-order valence-electron chi connectivity index (χ0n) is 13.9. The number of hydrogen-bond acceptors (Lipinski definition) is 2. The SMILES string of the molecule is CCCC[C@@]1(C2CCCC2)Cc2cc(OC)c(Cl)c(Cl)c2C1=O. The summed E-state index contributed by atoms with van der Waals surface area (Å²) in [6.07, 6.45) is 8.73. The third-order valence-corrected chi connectivity index (χ3v) is 6.62. The summed E-state index contributed by atoms with van der Waals surface area (Å²) in [7, 11) is 1.59. The highest BCUT2D eigenvalue weighted by atomic mass is 35.5. The van der Waals surface area contributed by atoms with E-state index >= 15 is 0 Å². The van der Waals surface area contributed by atoms with E-state index in [1.54, 1.807) is 7.11 Å². The summed E-state index contributed by atoms with van der Waals surface area (Å²) in [5.41, 5.74) is 1.40. The van der Waals surface area contributed by atoms with Gasteiger partial charge in [-0.05, 0) is 43.2 Å². The number of Topliss-reactive ketones (excluding diaryl/α,β-unsaturated/α-hetero) is 1. The molecule has 0 aliphatic heterocycles. The average Bonchev–Trinajstić information content (AvgIpc) is 3.17. The Bertz CT molecular complexity index is 620. The van der Waals surface area contributed by atoms with Crippen LogP contribution in [-0.2, 0) is 6.42 Å². The molecule has 1 atom stereocenters.